The number of rotatable bonds is 4. The molecule has 0 saturated heterocycles. The van der Waals surface area contributed by atoms with Crippen LogP contribution < -0.4 is 10.1 Å². The fourth-order valence-electron chi connectivity index (χ4n) is 1.61. The van der Waals surface area contributed by atoms with E-state index in [0.29, 0.717) is 17.0 Å². The van der Waals surface area contributed by atoms with E-state index in [0.717, 1.165) is 5.56 Å². The van der Waals surface area contributed by atoms with Crippen molar-refractivity contribution in [1.82, 2.24) is 0 Å². The summed E-state index contributed by atoms with van der Waals surface area (Å²) in [6.45, 7) is 1.93. The van der Waals surface area contributed by atoms with E-state index in [1.165, 1.54) is 0 Å². The van der Waals surface area contributed by atoms with Gasteiger partial charge in [-0.1, -0.05) is 17.7 Å². The molecule has 0 bridgehead atoms. The maximum absolute atomic E-state index is 11.7. The minimum Gasteiger partial charge on any atom is -0.484 e. The molecular formula is C16H14N2O2. The fourth-order valence-corrected chi connectivity index (χ4v) is 1.61. The summed E-state index contributed by atoms with van der Waals surface area (Å²) < 4.78 is 5.38. The molecule has 2 aromatic rings. The van der Waals surface area contributed by atoms with Gasteiger partial charge in [-0.15, -0.1) is 0 Å². The van der Waals surface area contributed by atoms with Crippen molar-refractivity contribution in [2.24, 2.45) is 0 Å². The third kappa shape index (κ3) is 3.85. The van der Waals surface area contributed by atoms with Crippen molar-refractivity contribution in [3.05, 3.63) is 59.7 Å². The number of aryl methyl sites for hydroxylation is 1. The first-order valence-electron chi connectivity index (χ1n) is 6.17. The van der Waals surface area contributed by atoms with Crippen LogP contribution in [-0.2, 0) is 4.79 Å². The van der Waals surface area contributed by atoms with Gasteiger partial charge in [0, 0.05) is 5.69 Å². The summed E-state index contributed by atoms with van der Waals surface area (Å²) in [7, 11) is 0. The number of amides is 1. The lowest BCUT2D eigenvalue weighted by Gasteiger charge is -2.07. The standard InChI is InChI=1S/C16H14N2O2/c1-12-2-8-15(9-3-12)20-11-16(19)18-14-6-4-13(10-17)5-7-14/h2-9H,11H2,1H3,(H,18,19). The molecule has 2 aromatic carbocycles. The van der Waals surface area contributed by atoms with E-state index in [4.69, 9.17) is 10.00 Å². The van der Waals surface area contributed by atoms with Gasteiger partial charge >= 0.3 is 0 Å². The molecule has 0 spiro atoms. The molecule has 1 amide bonds. The van der Waals surface area contributed by atoms with E-state index in [9.17, 15) is 4.79 Å². The smallest absolute Gasteiger partial charge is 0.262 e. The van der Waals surface area contributed by atoms with Gasteiger partial charge in [-0.3, -0.25) is 4.79 Å². The van der Waals surface area contributed by atoms with Gasteiger partial charge in [0.25, 0.3) is 5.91 Å². The van der Waals surface area contributed by atoms with Crippen LogP contribution in [0, 0.1) is 18.3 Å². The molecule has 1 N–H and O–H groups in total. The topological polar surface area (TPSA) is 62.1 Å². The number of hydrogen-bond acceptors (Lipinski definition) is 3. The fraction of sp³-hybridized carbons (Fsp3) is 0.125. The summed E-state index contributed by atoms with van der Waals surface area (Å²) in [5.74, 6) is 0.417. The quantitative estimate of drug-likeness (QED) is 0.925. The van der Waals surface area contributed by atoms with Gasteiger partial charge in [0.2, 0.25) is 0 Å². The van der Waals surface area contributed by atoms with Crippen molar-refractivity contribution in [2.75, 3.05) is 11.9 Å². The SMILES string of the molecule is Cc1ccc(OCC(=O)Nc2ccc(C#N)cc2)cc1. The monoisotopic (exact) mass is 266 g/mol. The first kappa shape index (κ1) is 13.6. The first-order valence-corrected chi connectivity index (χ1v) is 6.17. The van der Waals surface area contributed by atoms with E-state index in [2.05, 4.69) is 5.32 Å². The summed E-state index contributed by atoms with van der Waals surface area (Å²) in [6.07, 6.45) is 0. The predicted octanol–water partition coefficient (Wildman–Crippen LogP) is 2.88. The lowest BCUT2D eigenvalue weighted by atomic mass is 10.2. The van der Waals surface area contributed by atoms with Crippen LogP contribution in [0.4, 0.5) is 5.69 Å². The molecular weight excluding hydrogens is 252 g/mol. The van der Waals surface area contributed by atoms with Crippen LogP contribution in [0.1, 0.15) is 11.1 Å². The second-order valence-corrected chi connectivity index (χ2v) is 4.34. The Morgan fingerprint density at radius 1 is 1.15 bits per heavy atom. The largest absolute Gasteiger partial charge is 0.484 e. The Labute approximate surface area is 117 Å². The second-order valence-electron chi connectivity index (χ2n) is 4.34. The maximum atomic E-state index is 11.7. The van der Waals surface area contributed by atoms with Crippen molar-refractivity contribution < 1.29 is 9.53 Å². The van der Waals surface area contributed by atoms with E-state index in [1.54, 1.807) is 24.3 Å². The summed E-state index contributed by atoms with van der Waals surface area (Å²) in [6, 6.07) is 16.2. The molecule has 0 unspecified atom stereocenters. The second kappa shape index (κ2) is 6.39. The van der Waals surface area contributed by atoms with Gasteiger partial charge in [-0.25, -0.2) is 0 Å². The number of nitrogens with zero attached hydrogens (tertiary/aromatic N) is 1. The third-order valence-corrected chi connectivity index (χ3v) is 2.69. The van der Waals surface area contributed by atoms with Gasteiger partial charge in [0.15, 0.2) is 6.61 Å². The summed E-state index contributed by atoms with van der Waals surface area (Å²) in [4.78, 5) is 11.7. The molecule has 2 rings (SSSR count). The summed E-state index contributed by atoms with van der Waals surface area (Å²) in [5.41, 5.74) is 2.33. The molecule has 4 nitrogen and oxygen atoms in total. The van der Waals surface area contributed by atoms with Crippen LogP contribution >= 0.6 is 0 Å². The van der Waals surface area contributed by atoms with E-state index in [-0.39, 0.29) is 12.5 Å². The Morgan fingerprint density at radius 3 is 2.40 bits per heavy atom. The van der Waals surface area contributed by atoms with Gasteiger partial charge in [-0.05, 0) is 43.3 Å². The zero-order valence-electron chi connectivity index (χ0n) is 11.1. The number of carbonyl (C=O) groups excluding carboxylic acids is 1. The Balaban J connectivity index is 1.86. The highest BCUT2D eigenvalue weighted by Crippen LogP contribution is 2.12. The average Bonchev–Trinajstić information content (AvgIpc) is 2.47. The highest BCUT2D eigenvalue weighted by Gasteiger charge is 2.03. The van der Waals surface area contributed by atoms with Crippen molar-refractivity contribution in [1.29, 1.82) is 5.26 Å². The van der Waals surface area contributed by atoms with Crippen LogP contribution in [0.5, 0.6) is 5.75 Å². The zero-order chi connectivity index (χ0) is 14.4. The number of carbonyl (C=O) groups is 1. The molecule has 0 aromatic heterocycles. The molecule has 100 valence electrons. The Kier molecular flexibility index (Phi) is 4.35. The zero-order valence-corrected chi connectivity index (χ0v) is 11.1. The summed E-state index contributed by atoms with van der Waals surface area (Å²) >= 11 is 0. The molecule has 4 heteroatoms. The highest BCUT2D eigenvalue weighted by molar-refractivity contribution is 5.91. The van der Waals surface area contributed by atoms with Crippen molar-refractivity contribution in [2.45, 2.75) is 6.92 Å². The number of anilines is 1. The van der Waals surface area contributed by atoms with E-state index in [1.807, 2.05) is 37.3 Å². The third-order valence-electron chi connectivity index (χ3n) is 2.69. The molecule has 0 fully saturated rings. The molecule has 0 heterocycles. The van der Waals surface area contributed by atoms with Crippen molar-refractivity contribution in [3.63, 3.8) is 0 Å². The Bertz CT molecular complexity index is 625. The van der Waals surface area contributed by atoms with Crippen LogP contribution in [-0.4, -0.2) is 12.5 Å². The first-order chi connectivity index (χ1) is 9.67. The number of benzene rings is 2. The molecule has 0 radical (unpaired) electrons. The minimum atomic E-state index is -0.240. The number of hydrogen-bond donors (Lipinski definition) is 1. The normalized spacial score (nSPS) is 9.60. The van der Waals surface area contributed by atoms with Gasteiger partial charge in [0.05, 0.1) is 11.6 Å². The maximum Gasteiger partial charge on any atom is 0.262 e. The molecule has 0 aliphatic carbocycles. The predicted molar refractivity (Wildman–Crippen MR) is 76.5 cm³/mol. The Hall–Kier alpha value is -2.80. The number of nitrogens with one attached hydrogen (secondary N) is 1. The van der Waals surface area contributed by atoms with Gasteiger partial charge in [-0.2, -0.15) is 5.26 Å². The van der Waals surface area contributed by atoms with Crippen LogP contribution in [0.2, 0.25) is 0 Å². The lowest BCUT2D eigenvalue weighted by Crippen LogP contribution is -2.20. The molecule has 0 aliphatic rings. The van der Waals surface area contributed by atoms with Crippen LogP contribution in [0.25, 0.3) is 0 Å². The van der Waals surface area contributed by atoms with Crippen LogP contribution in [0.15, 0.2) is 48.5 Å². The van der Waals surface area contributed by atoms with E-state index >= 15 is 0 Å². The van der Waals surface area contributed by atoms with Crippen LogP contribution in [0.3, 0.4) is 0 Å². The van der Waals surface area contributed by atoms with Crippen molar-refractivity contribution >= 4 is 11.6 Å². The Morgan fingerprint density at radius 2 is 1.80 bits per heavy atom. The van der Waals surface area contributed by atoms with Gasteiger partial charge < -0.3 is 10.1 Å². The summed E-state index contributed by atoms with van der Waals surface area (Å²) in [5, 5.41) is 11.4. The highest BCUT2D eigenvalue weighted by atomic mass is 16.5. The number of nitriles is 1. The molecule has 20 heavy (non-hydrogen) atoms. The number of ether oxygens (including phenoxy) is 1. The minimum absolute atomic E-state index is 0.0525. The van der Waals surface area contributed by atoms with Gasteiger partial charge in [0.1, 0.15) is 5.75 Å². The molecule has 0 saturated carbocycles. The molecule has 0 aliphatic heterocycles. The lowest BCUT2D eigenvalue weighted by molar-refractivity contribution is -0.118. The average molecular weight is 266 g/mol. The van der Waals surface area contributed by atoms with Crippen molar-refractivity contribution in [3.8, 4) is 11.8 Å². The van der Waals surface area contributed by atoms with E-state index < -0.39 is 0 Å². The molecule has 0 atom stereocenters.